The van der Waals surface area contributed by atoms with Gasteiger partial charge in [-0.3, -0.25) is 9.69 Å². The van der Waals surface area contributed by atoms with Crippen molar-refractivity contribution in [1.82, 2.24) is 10.2 Å². The van der Waals surface area contributed by atoms with Crippen molar-refractivity contribution in [3.63, 3.8) is 0 Å². The van der Waals surface area contributed by atoms with E-state index in [1.165, 1.54) is 43.5 Å². The molecule has 1 aromatic heterocycles. The SMILES string of the molecule is COC(=O)c1ccc(CN2C(=O)NC(=Cc3cc(Cl)ccc3O)C2=O)o1. The second kappa shape index (κ2) is 6.93. The number of imide groups is 1. The van der Waals surface area contributed by atoms with Crippen LogP contribution in [0.4, 0.5) is 4.79 Å². The lowest BCUT2D eigenvalue weighted by Gasteiger charge is -2.09. The number of carbonyl (C=O) groups excluding carboxylic acids is 3. The van der Waals surface area contributed by atoms with E-state index in [-0.39, 0.29) is 35.1 Å². The van der Waals surface area contributed by atoms with Crippen LogP contribution in [0.2, 0.25) is 5.02 Å². The summed E-state index contributed by atoms with van der Waals surface area (Å²) in [7, 11) is 1.21. The number of phenols is 1. The third kappa shape index (κ3) is 3.40. The molecule has 2 N–H and O–H groups in total. The predicted octanol–water partition coefficient (Wildman–Crippen LogP) is 2.52. The lowest BCUT2D eigenvalue weighted by atomic mass is 10.1. The molecule has 1 aliphatic heterocycles. The van der Waals surface area contributed by atoms with Crippen LogP contribution in [0.5, 0.6) is 5.75 Å². The second-order valence-corrected chi connectivity index (χ2v) is 5.78. The van der Waals surface area contributed by atoms with Gasteiger partial charge >= 0.3 is 12.0 Å². The van der Waals surface area contributed by atoms with E-state index in [0.717, 1.165) is 4.90 Å². The summed E-state index contributed by atoms with van der Waals surface area (Å²) in [4.78, 5) is 36.8. The van der Waals surface area contributed by atoms with E-state index in [2.05, 4.69) is 10.1 Å². The van der Waals surface area contributed by atoms with Crippen LogP contribution >= 0.6 is 11.6 Å². The molecule has 3 rings (SSSR count). The summed E-state index contributed by atoms with van der Waals surface area (Å²) in [5, 5.41) is 12.6. The van der Waals surface area contributed by atoms with Gasteiger partial charge in [0.15, 0.2) is 0 Å². The minimum atomic E-state index is -0.662. The van der Waals surface area contributed by atoms with E-state index in [1.807, 2.05) is 0 Å². The Balaban J connectivity index is 1.81. The molecule has 1 saturated heterocycles. The number of halogens is 1. The maximum atomic E-state index is 12.4. The van der Waals surface area contributed by atoms with Crippen LogP contribution < -0.4 is 5.32 Å². The maximum absolute atomic E-state index is 12.4. The van der Waals surface area contributed by atoms with Gasteiger partial charge < -0.3 is 19.6 Å². The number of methoxy groups -OCH3 is 1. The molecule has 1 fully saturated rings. The first-order valence-electron chi connectivity index (χ1n) is 7.39. The fourth-order valence-electron chi connectivity index (χ4n) is 2.34. The number of carbonyl (C=O) groups is 3. The second-order valence-electron chi connectivity index (χ2n) is 5.34. The zero-order valence-corrected chi connectivity index (χ0v) is 14.2. The van der Waals surface area contributed by atoms with Crippen molar-refractivity contribution in [2.24, 2.45) is 0 Å². The molecule has 26 heavy (non-hydrogen) atoms. The number of ether oxygens (including phenoxy) is 1. The highest BCUT2D eigenvalue weighted by atomic mass is 35.5. The molecule has 1 aliphatic rings. The first-order valence-corrected chi connectivity index (χ1v) is 7.77. The molecule has 0 bridgehead atoms. The molecule has 2 heterocycles. The van der Waals surface area contributed by atoms with Gasteiger partial charge in [0.1, 0.15) is 17.2 Å². The van der Waals surface area contributed by atoms with E-state index in [0.29, 0.717) is 5.02 Å². The van der Waals surface area contributed by atoms with Gasteiger partial charge in [-0.05, 0) is 36.4 Å². The summed E-state index contributed by atoms with van der Waals surface area (Å²) in [5.41, 5.74) is 0.265. The number of nitrogens with one attached hydrogen (secondary N) is 1. The van der Waals surface area contributed by atoms with E-state index in [4.69, 9.17) is 16.0 Å². The minimum Gasteiger partial charge on any atom is -0.507 e. The Labute approximate surface area is 152 Å². The first-order chi connectivity index (χ1) is 12.4. The Hall–Kier alpha value is -3.26. The average Bonchev–Trinajstić information content (AvgIpc) is 3.18. The average molecular weight is 377 g/mol. The van der Waals surface area contributed by atoms with Crippen LogP contribution in [0.25, 0.3) is 6.08 Å². The zero-order valence-electron chi connectivity index (χ0n) is 13.5. The number of aromatic hydroxyl groups is 1. The predicted molar refractivity (Wildman–Crippen MR) is 90.2 cm³/mol. The molecule has 0 spiro atoms. The summed E-state index contributed by atoms with van der Waals surface area (Å²) in [6.45, 7) is -0.166. The first kappa shape index (κ1) is 17.6. The van der Waals surface area contributed by atoms with Crippen LogP contribution in [-0.4, -0.2) is 35.0 Å². The van der Waals surface area contributed by atoms with E-state index in [9.17, 15) is 19.5 Å². The highest BCUT2D eigenvalue weighted by Gasteiger charge is 2.34. The van der Waals surface area contributed by atoms with Crippen molar-refractivity contribution >= 4 is 35.6 Å². The van der Waals surface area contributed by atoms with E-state index in [1.54, 1.807) is 0 Å². The number of furan rings is 1. The summed E-state index contributed by atoms with van der Waals surface area (Å²) in [6, 6.07) is 6.54. The number of phenolic OH excluding ortho intramolecular Hbond substituents is 1. The van der Waals surface area contributed by atoms with Crippen molar-refractivity contribution in [3.05, 3.63) is 58.1 Å². The van der Waals surface area contributed by atoms with Crippen LogP contribution in [0.1, 0.15) is 21.9 Å². The highest BCUT2D eigenvalue weighted by molar-refractivity contribution is 6.30. The third-order valence-corrected chi connectivity index (χ3v) is 3.85. The van der Waals surface area contributed by atoms with Crippen LogP contribution in [0.3, 0.4) is 0 Å². The van der Waals surface area contributed by atoms with Gasteiger partial charge in [-0.1, -0.05) is 11.6 Å². The van der Waals surface area contributed by atoms with Gasteiger partial charge in [-0.25, -0.2) is 9.59 Å². The summed E-state index contributed by atoms with van der Waals surface area (Å²) >= 11 is 5.87. The molecule has 9 heteroatoms. The van der Waals surface area contributed by atoms with Crippen molar-refractivity contribution in [1.29, 1.82) is 0 Å². The van der Waals surface area contributed by atoms with E-state index < -0.39 is 17.9 Å². The van der Waals surface area contributed by atoms with Gasteiger partial charge in [0.05, 0.1) is 13.7 Å². The van der Waals surface area contributed by atoms with Gasteiger partial charge in [-0.2, -0.15) is 0 Å². The van der Waals surface area contributed by atoms with Crippen LogP contribution in [0.15, 0.2) is 40.4 Å². The van der Waals surface area contributed by atoms with Gasteiger partial charge in [0.25, 0.3) is 5.91 Å². The molecule has 0 aliphatic carbocycles. The number of hydrogen-bond acceptors (Lipinski definition) is 6. The zero-order chi connectivity index (χ0) is 18.8. The number of urea groups is 1. The quantitative estimate of drug-likeness (QED) is 0.482. The molecule has 8 nitrogen and oxygen atoms in total. The van der Waals surface area contributed by atoms with Gasteiger partial charge in [0.2, 0.25) is 5.76 Å². The lowest BCUT2D eigenvalue weighted by Crippen LogP contribution is -2.30. The molecule has 0 radical (unpaired) electrons. The monoisotopic (exact) mass is 376 g/mol. The normalized spacial score (nSPS) is 15.5. The summed E-state index contributed by atoms with van der Waals surface area (Å²) < 4.78 is 9.79. The number of hydrogen-bond donors (Lipinski definition) is 2. The Morgan fingerprint density at radius 1 is 1.35 bits per heavy atom. The fraction of sp³-hybridized carbons (Fsp3) is 0.118. The fourth-order valence-corrected chi connectivity index (χ4v) is 2.52. The molecule has 134 valence electrons. The Morgan fingerprint density at radius 2 is 2.12 bits per heavy atom. The number of nitrogens with zero attached hydrogens (tertiary/aromatic N) is 1. The maximum Gasteiger partial charge on any atom is 0.373 e. The van der Waals surface area contributed by atoms with E-state index >= 15 is 0 Å². The smallest absolute Gasteiger partial charge is 0.373 e. The lowest BCUT2D eigenvalue weighted by molar-refractivity contribution is -0.123. The van der Waals surface area contributed by atoms with Crippen LogP contribution in [-0.2, 0) is 16.1 Å². The highest BCUT2D eigenvalue weighted by Crippen LogP contribution is 2.25. The standard InChI is InChI=1S/C17H13ClN2O6/c1-25-16(23)14-5-3-11(26-14)8-20-15(22)12(19-17(20)24)7-9-6-10(18)2-4-13(9)21/h2-7,21H,8H2,1H3,(H,19,24). The molecule has 2 aromatic rings. The number of esters is 1. The van der Waals surface area contributed by atoms with Gasteiger partial charge in [-0.15, -0.1) is 0 Å². The molecule has 3 amide bonds. The molecule has 0 atom stereocenters. The Morgan fingerprint density at radius 3 is 2.85 bits per heavy atom. The van der Waals surface area contributed by atoms with Crippen molar-refractivity contribution in [2.75, 3.05) is 7.11 Å². The summed E-state index contributed by atoms with van der Waals surface area (Å²) in [6.07, 6.45) is 1.32. The molecule has 0 saturated carbocycles. The largest absolute Gasteiger partial charge is 0.507 e. The van der Waals surface area contributed by atoms with Crippen molar-refractivity contribution in [2.45, 2.75) is 6.54 Å². The number of rotatable bonds is 4. The van der Waals surface area contributed by atoms with Crippen molar-refractivity contribution < 1.29 is 28.6 Å². The third-order valence-electron chi connectivity index (χ3n) is 3.61. The van der Waals surface area contributed by atoms with Crippen LogP contribution in [0, 0.1) is 0 Å². The number of benzene rings is 1. The topological polar surface area (TPSA) is 109 Å². The Bertz CT molecular complexity index is 933. The summed E-state index contributed by atoms with van der Waals surface area (Å²) in [5.74, 6) is -1.15. The van der Waals surface area contributed by atoms with Gasteiger partial charge in [0, 0.05) is 10.6 Å². The molecule has 0 unspecified atom stereocenters. The number of amides is 3. The molecular formula is C17H13ClN2O6. The molecular weight excluding hydrogens is 364 g/mol. The van der Waals surface area contributed by atoms with Crippen molar-refractivity contribution in [3.8, 4) is 5.75 Å². The Kier molecular flexibility index (Phi) is 4.68. The molecule has 1 aromatic carbocycles. The minimum absolute atomic E-state index is 0.0210.